The quantitative estimate of drug-likeness (QED) is 0.111. The van der Waals surface area contributed by atoms with Crippen LogP contribution in [0.4, 0.5) is 0 Å². The number of rotatable bonds is 8. The summed E-state index contributed by atoms with van der Waals surface area (Å²) < 4.78 is 4.25. The number of aromatic nitrogens is 6. The second kappa shape index (κ2) is 18.8. The van der Waals surface area contributed by atoms with Crippen molar-refractivity contribution in [3.05, 3.63) is 169 Å². The molecule has 6 aliphatic rings. The molecule has 0 aromatic carbocycles. The summed E-state index contributed by atoms with van der Waals surface area (Å²) in [6.45, 7) is 16.3. The van der Waals surface area contributed by atoms with Gasteiger partial charge in [0.1, 0.15) is 0 Å². The molecule has 0 fully saturated rings. The van der Waals surface area contributed by atoms with Crippen LogP contribution in [0, 0.1) is 13.8 Å². The number of aliphatic imine (C=N–C) groups is 2. The predicted molar refractivity (Wildman–Crippen MR) is 271 cm³/mol. The standard InChI is InChI=1S/C34H34N4O4.C20H14N4.ClH.2Fe/c1-7-21-17(3)25-13-26-19(5)23(9-11-33(39)40)31(37-26)16-32-24(10-12-34(41)42)20(6)28(38-32)15-30-22(8-2)18(4)27(36-30)14-29(21)35-25;1-2-14-10-16-5-6-18(23-16)12-20-8-7-19(24-20)11-17-4-3-15(22-17)9-13(1)21-14;;;/h7-8,13-16H,1-2,9-12H2,3-6H3,(H4,35,36,37,38,39,40,41,42);1-12,21,24H;1H;;/q;;;;+3/p-3/b25-13?,26-13-,27-14-,28-15-,29-14?,30-15?,31-16?,32-16-;;;;. The van der Waals surface area contributed by atoms with E-state index in [1.54, 1.807) is 0 Å². The van der Waals surface area contributed by atoms with Crippen LogP contribution in [0.25, 0.3) is 76.8 Å². The number of aliphatic carboxylic acids is 2. The van der Waals surface area contributed by atoms with Gasteiger partial charge in [-0.1, -0.05) is 0 Å². The number of nitrogens with one attached hydrogen (secondary N) is 2. The first-order chi connectivity index (χ1) is 32.8. The molecule has 69 heavy (non-hydrogen) atoms. The second-order valence-electron chi connectivity index (χ2n) is 17.0. The third-order valence-corrected chi connectivity index (χ3v) is 15.6. The van der Waals surface area contributed by atoms with Gasteiger partial charge < -0.3 is 9.97 Å². The maximum atomic E-state index is 11.8. The summed E-state index contributed by atoms with van der Waals surface area (Å²) in [6.07, 6.45) is 20.3. The van der Waals surface area contributed by atoms with Gasteiger partial charge in [-0.3, -0.25) is 0 Å². The van der Waals surface area contributed by atoms with Gasteiger partial charge >= 0.3 is 265 Å². The minimum atomic E-state index is -1.91. The van der Waals surface area contributed by atoms with Crippen LogP contribution >= 0.6 is 10.1 Å². The molecule has 0 radical (unpaired) electrons. The predicted octanol–water partition coefficient (Wildman–Crippen LogP) is 10.1. The fourth-order valence-corrected chi connectivity index (χ4v) is 12.3. The van der Waals surface area contributed by atoms with Crippen LogP contribution in [-0.4, -0.2) is 60.7 Å². The Morgan fingerprint density at radius 2 is 1.14 bits per heavy atom. The largest absolute Gasteiger partial charge is 0 e. The molecule has 11 rings (SSSR count). The van der Waals surface area contributed by atoms with E-state index in [1.165, 1.54) is 0 Å². The Morgan fingerprint density at radius 3 is 1.67 bits per heavy atom. The van der Waals surface area contributed by atoms with Crippen LogP contribution in [0.2, 0.25) is 0 Å². The Hall–Kier alpha value is -7.05. The van der Waals surface area contributed by atoms with Gasteiger partial charge in [-0.25, -0.2) is 9.97 Å². The number of H-pyrrole nitrogens is 2. The third-order valence-electron chi connectivity index (χ3n) is 12.7. The van der Waals surface area contributed by atoms with Gasteiger partial charge in [-0.15, -0.1) is 0 Å². The van der Waals surface area contributed by atoms with E-state index in [-0.39, 0.29) is 36.3 Å². The van der Waals surface area contributed by atoms with E-state index < -0.39 is 25.4 Å². The molecule has 0 unspecified atom stereocenters. The van der Waals surface area contributed by atoms with E-state index in [9.17, 15) is 19.8 Å². The number of hydrogen-bond acceptors (Lipinski definition) is 6. The van der Waals surface area contributed by atoms with Gasteiger partial charge in [-0.05, 0) is 72.8 Å². The van der Waals surface area contributed by atoms with Crippen molar-refractivity contribution in [2.45, 2.75) is 53.4 Å². The molecular weight excluding hydrogens is 972 g/mol. The first kappa shape index (κ1) is 47.0. The van der Waals surface area contributed by atoms with E-state index in [2.05, 4.69) is 70.6 Å². The summed E-state index contributed by atoms with van der Waals surface area (Å²) in [4.78, 5) is 49.5. The van der Waals surface area contributed by atoms with Crippen LogP contribution in [-0.2, 0) is 46.5 Å². The Morgan fingerprint density at radius 1 is 0.652 bits per heavy atom. The Bertz CT molecular complexity index is 3520. The fourth-order valence-electron chi connectivity index (χ4n) is 9.21. The van der Waals surface area contributed by atoms with Gasteiger partial charge in [0.15, 0.2) is 0 Å². The summed E-state index contributed by atoms with van der Waals surface area (Å²) in [6, 6.07) is 16.4. The van der Waals surface area contributed by atoms with Crippen LogP contribution in [0.15, 0.2) is 111 Å². The van der Waals surface area contributed by atoms with E-state index in [0.29, 0.717) is 12.1 Å². The summed E-state index contributed by atoms with van der Waals surface area (Å²) in [5.74, 6) is -1.78. The molecule has 15 heteroatoms. The van der Waals surface area contributed by atoms with Gasteiger partial charge in [0.05, 0.1) is 22.8 Å². The Kier molecular flexibility index (Phi) is 12.8. The molecule has 0 saturated carbocycles. The molecular formula is C54H46ClFe2N8O4. The van der Waals surface area contributed by atoms with Crippen LogP contribution < -0.4 is 10.7 Å². The molecule has 6 aliphatic heterocycles. The average Bonchev–Trinajstić information content (AvgIpc) is 4.19. The van der Waals surface area contributed by atoms with Crippen LogP contribution in [0.5, 0.6) is 0 Å². The fraction of sp³-hybridized carbons (Fsp3) is 0.148. The SMILES string of the molecule is C1=Cc2cc3ccc(cc4nc(cc5ccc(cc1n2)[nH]5)C=C4)[nH]3.C=CC1=C(C)/C2=C/c3c(C=C)c(C)c4[n]3[Fe]([Cl])[n]3/c(c(C)c(CCC(=O)O)/c3=C/C3=NC(=C\4)/C(C)=C3CCC(=O)O)=C\C1=N2.[Fe]. The normalized spacial score (nSPS) is 18.0. The number of halogens is 1. The van der Waals surface area contributed by atoms with Gasteiger partial charge in [0, 0.05) is 39.1 Å². The number of carbonyl (C=O) groups is 2. The van der Waals surface area contributed by atoms with Gasteiger partial charge in [0.2, 0.25) is 0 Å². The molecule has 0 atom stereocenters. The summed E-state index contributed by atoms with van der Waals surface area (Å²) in [7, 11) is 7.69. The minimum Gasteiger partial charge on any atom is 0 e. The number of carboxylic acids is 2. The summed E-state index contributed by atoms with van der Waals surface area (Å²) in [5.41, 5.74) is 19.9. The topological polar surface area (TPSA) is 167 Å². The van der Waals surface area contributed by atoms with Crippen molar-refractivity contribution >= 4 is 110 Å². The Labute approximate surface area is 417 Å². The maximum Gasteiger partial charge on any atom is 0 e. The zero-order valence-corrected chi connectivity index (χ0v) is 41.1. The number of carboxylic acid groups (broad SMARTS) is 2. The van der Waals surface area contributed by atoms with Crippen molar-refractivity contribution in [3.63, 3.8) is 0 Å². The first-order valence-electron chi connectivity index (χ1n) is 22.1. The minimum absolute atomic E-state index is 0. The molecule has 5 aromatic heterocycles. The molecule has 11 heterocycles. The van der Waals surface area contributed by atoms with E-state index in [4.69, 9.17) is 20.1 Å². The van der Waals surface area contributed by atoms with Crippen molar-refractivity contribution in [1.82, 2.24) is 27.1 Å². The van der Waals surface area contributed by atoms with Crippen LogP contribution in [0.1, 0.15) is 89.5 Å². The van der Waals surface area contributed by atoms with Crippen molar-refractivity contribution < 1.29 is 50.3 Å². The molecule has 0 amide bonds. The average molecular weight is 1020 g/mol. The zero-order chi connectivity index (χ0) is 47.5. The molecule has 5 aromatic rings. The molecule has 4 N–H and O–H groups in total. The van der Waals surface area contributed by atoms with Crippen molar-refractivity contribution in [2.24, 2.45) is 9.98 Å². The molecule has 0 spiro atoms. The maximum absolute atomic E-state index is 11.8. The summed E-state index contributed by atoms with van der Waals surface area (Å²) >= 11 is -1.91. The number of hydrogen-bond donors (Lipinski definition) is 4. The van der Waals surface area contributed by atoms with Gasteiger partial charge in [0.25, 0.3) is 0 Å². The number of aromatic amines is 2. The van der Waals surface area contributed by atoms with Crippen LogP contribution in [0.3, 0.4) is 0 Å². The monoisotopic (exact) mass is 1020 g/mol. The zero-order valence-electron chi connectivity index (χ0n) is 38.1. The van der Waals surface area contributed by atoms with Gasteiger partial charge in [-0.2, -0.15) is 0 Å². The molecule has 0 aliphatic carbocycles. The van der Waals surface area contributed by atoms with E-state index in [1.807, 2.05) is 107 Å². The number of fused-ring (bicyclic) bond motifs is 10. The molecule has 349 valence electrons. The molecule has 14 bridgehead atoms. The second-order valence-corrected chi connectivity index (χ2v) is 19.6. The molecule has 12 nitrogen and oxygen atoms in total. The van der Waals surface area contributed by atoms with E-state index >= 15 is 0 Å². The van der Waals surface area contributed by atoms with Crippen molar-refractivity contribution in [1.29, 1.82) is 0 Å². The first-order valence-corrected chi connectivity index (χ1v) is 24.6. The smallest absolute Gasteiger partial charge is 0 e. The van der Waals surface area contributed by atoms with Crippen molar-refractivity contribution in [3.8, 4) is 0 Å². The molecule has 0 saturated heterocycles. The van der Waals surface area contributed by atoms with E-state index in [0.717, 1.165) is 129 Å². The third kappa shape index (κ3) is 8.82. The van der Waals surface area contributed by atoms with Crippen molar-refractivity contribution in [2.75, 3.05) is 0 Å². The number of allylic oxidation sites excluding steroid dienone is 5. The Balaban J connectivity index is 0.000000199. The number of nitrogens with zero attached hydrogens (tertiary/aromatic N) is 6. The summed E-state index contributed by atoms with van der Waals surface area (Å²) in [5, 5.41) is 20.8.